The molecular weight excluding hydrogens is 260 g/mol. The van der Waals surface area contributed by atoms with Crippen LogP contribution >= 0.6 is 0 Å². The van der Waals surface area contributed by atoms with E-state index < -0.39 is 0 Å². The second-order valence-electron chi connectivity index (χ2n) is 5.69. The number of rotatable bonds is 7. The van der Waals surface area contributed by atoms with Gasteiger partial charge in [-0.05, 0) is 37.3 Å². The summed E-state index contributed by atoms with van der Waals surface area (Å²) in [5.74, 6) is 0.267. The van der Waals surface area contributed by atoms with Crippen molar-refractivity contribution in [3.05, 3.63) is 36.0 Å². The van der Waals surface area contributed by atoms with Gasteiger partial charge in [-0.2, -0.15) is 0 Å². The lowest BCUT2D eigenvalue weighted by Gasteiger charge is -2.26. The molecule has 0 aliphatic heterocycles. The topological polar surface area (TPSA) is 36.1 Å². The zero-order chi connectivity index (χ0) is 15.2. The minimum Gasteiger partial charge on any atom is -0.361 e. The van der Waals surface area contributed by atoms with Crippen molar-refractivity contribution in [3.63, 3.8) is 0 Å². The molecule has 0 saturated carbocycles. The number of para-hydroxylation sites is 1. The smallest absolute Gasteiger partial charge is 0.222 e. The Balaban J connectivity index is 1.88. The number of aryl methyl sites for hydroxylation is 1. The lowest BCUT2D eigenvalue weighted by atomic mass is 10.1. The van der Waals surface area contributed by atoms with Gasteiger partial charge in [0, 0.05) is 36.6 Å². The maximum atomic E-state index is 12.2. The number of nitrogens with one attached hydrogen (secondary N) is 1. The van der Waals surface area contributed by atoms with Gasteiger partial charge in [0.05, 0.1) is 0 Å². The van der Waals surface area contributed by atoms with Crippen molar-refractivity contribution in [2.24, 2.45) is 0 Å². The standard InChI is InChI=1S/C18H26N2O/c1-4-15(5-2)20(3)18(21)12-8-9-14-13-19-17-11-7-6-10-16(14)17/h6-7,10-11,13,15,19H,4-5,8-9,12H2,1-3H3. The monoisotopic (exact) mass is 286 g/mol. The predicted molar refractivity (Wildman–Crippen MR) is 88.4 cm³/mol. The first-order chi connectivity index (χ1) is 10.2. The van der Waals surface area contributed by atoms with Crippen LogP contribution in [0.2, 0.25) is 0 Å². The Morgan fingerprint density at radius 1 is 1.24 bits per heavy atom. The normalized spacial score (nSPS) is 11.2. The number of fused-ring (bicyclic) bond motifs is 1. The molecule has 0 radical (unpaired) electrons. The summed E-state index contributed by atoms with van der Waals surface area (Å²) < 4.78 is 0. The fourth-order valence-electron chi connectivity index (χ4n) is 2.98. The van der Waals surface area contributed by atoms with E-state index in [2.05, 4.69) is 43.2 Å². The lowest BCUT2D eigenvalue weighted by molar-refractivity contribution is -0.132. The highest BCUT2D eigenvalue weighted by Crippen LogP contribution is 2.19. The van der Waals surface area contributed by atoms with Crippen LogP contribution in [0.1, 0.15) is 45.1 Å². The molecule has 114 valence electrons. The molecule has 1 aromatic carbocycles. The first-order valence-corrected chi connectivity index (χ1v) is 7.98. The molecule has 1 N–H and O–H groups in total. The molecule has 1 amide bonds. The number of hydrogen-bond acceptors (Lipinski definition) is 1. The Kier molecular flexibility index (Phi) is 5.43. The number of aromatic amines is 1. The Morgan fingerprint density at radius 2 is 1.95 bits per heavy atom. The van der Waals surface area contributed by atoms with Crippen LogP contribution < -0.4 is 0 Å². The van der Waals surface area contributed by atoms with Crippen molar-refractivity contribution in [2.75, 3.05) is 7.05 Å². The van der Waals surface area contributed by atoms with Crippen molar-refractivity contribution in [1.29, 1.82) is 0 Å². The van der Waals surface area contributed by atoms with Gasteiger partial charge >= 0.3 is 0 Å². The van der Waals surface area contributed by atoms with Crippen LogP contribution in [0.5, 0.6) is 0 Å². The van der Waals surface area contributed by atoms with Crippen LogP contribution in [-0.4, -0.2) is 28.9 Å². The fourth-order valence-corrected chi connectivity index (χ4v) is 2.98. The van der Waals surface area contributed by atoms with Crippen LogP contribution in [-0.2, 0) is 11.2 Å². The van der Waals surface area contributed by atoms with Gasteiger partial charge in [0.15, 0.2) is 0 Å². The summed E-state index contributed by atoms with van der Waals surface area (Å²) in [6.07, 6.45) is 6.62. The summed E-state index contributed by atoms with van der Waals surface area (Å²) >= 11 is 0. The number of aromatic nitrogens is 1. The highest BCUT2D eigenvalue weighted by Gasteiger charge is 2.16. The Hall–Kier alpha value is -1.77. The van der Waals surface area contributed by atoms with Gasteiger partial charge in [-0.1, -0.05) is 32.0 Å². The maximum absolute atomic E-state index is 12.2. The van der Waals surface area contributed by atoms with Gasteiger partial charge < -0.3 is 9.88 Å². The summed E-state index contributed by atoms with van der Waals surface area (Å²) in [5, 5.41) is 1.28. The van der Waals surface area contributed by atoms with E-state index in [1.165, 1.54) is 16.5 Å². The van der Waals surface area contributed by atoms with Gasteiger partial charge in [0.25, 0.3) is 0 Å². The minimum atomic E-state index is 0.267. The van der Waals surface area contributed by atoms with E-state index in [1.54, 1.807) is 0 Å². The molecular formula is C18H26N2O. The molecule has 1 aromatic heterocycles. The molecule has 0 unspecified atom stereocenters. The molecule has 0 atom stereocenters. The number of carbonyl (C=O) groups excluding carboxylic acids is 1. The van der Waals surface area contributed by atoms with Crippen molar-refractivity contribution >= 4 is 16.8 Å². The van der Waals surface area contributed by atoms with E-state index in [0.717, 1.165) is 25.7 Å². The Labute approximate surface area is 127 Å². The molecule has 0 bridgehead atoms. The zero-order valence-corrected chi connectivity index (χ0v) is 13.4. The van der Waals surface area contributed by atoms with Crippen LogP contribution in [0.25, 0.3) is 10.9 Å². The first-order valence-electron chi connectivity index (χ1n) is 7.98. The Bertz CT molecular complexity index is 584. The molecule has 1 heterocycles. The van der Waals surface area contributed by atoms with E-state index >= 15 is 0 Å². The van der Waals surface area contributed by atoms with Crippen molar-refractivity contribution in [1.82, 2.24) is 9.88 Å². The van der Waals surface area contributed by atoms with Crippen molar-refractivity contribution in [2.45, 2.75) is 52.0 Å². The summed E-state index contributed by atoms with van der Waals surface area (Å²) in [4.78, 5) is 17.4. The van der Waals surface area contributed by atoms with Crippen molar-refractivity contribution in [3.8, 4) is 0 Å². The maximum Gasteiger partial charge on any atom is 0.222 e. The molecule has 21 heavy (non-hydrogen) atoms. The van der Waals surface area contributed by atoms with Crippen LogP contribution in [0.15, 0.2) is 30.5 Å². The van der Waals surface area contributed by atoms with Gasteiger partial charge in [-0.15, -0.1) is 0 Å². The van der Waals surface area contributed by atoms with Crippen LogP contribution in [0.3, 0.4) is 0 Å². The number of benzene rings is 1. The molecule has 0 aliphatic rings. The molecule has 0 spiro atoms. The second kappa shape index (κ2) is 7.30. The number of amides is 1. The van der Waals surface area contributed by atoms with Crippen LogP contribution in [0.4, 0.5) is 0 Å². The van der Waals surface area contributed by atoms with Crippen LogP contribution in [0, 0.1) is 0 Å². The number of nitrogens with zero attached hydrogens (tertiary/aromatic N) is 1. The highest BCUT2D eigenvalue weighted by molar-refractivity contribution is 5.83. The number of H-pyrrole nitrogens is 1. The molecule has 2 aromatic rings. The molecule has 3 nitrogen and oxygen atoms in total. The van der Waals surface area contributed by atoms with E-state index in [4.69, 9.17) is 0 Å². The first kappa shape index (κ1) is 15.6. The average molecular weight is 286 g/mol. The third-order valence-electron chi connectivity index (χ3n) is 4.40. The summed E-state index contributed by atoms with van der Waals surface area (Å²) in [6, 6.07) is 8.71. The van der Waals surface area contributed by atoms with E-state index in [1.807, 2.05) is 18.0 Å². The number of hydrogen-bond donors (Lipinski definition) is 1. The van der Waals surface area contributed by atoms with Gasteiger partial charge in [-0.3, -0.25) is 4.79 Å². The molecule has 0 saturated heterocycles. The second-order valence-corrected chi connectivity index (χ2v) is 5.69. The van der Waals surface area contributed by atoms with Crippen molar-refractivity contribution < 1.29 is 4.79 Å². The Morgan fingerprint density at radius 3 is 2.67 bits per heavy atom. The third-order valence-corrected chi connectivity index (χ3v) is 4.40. The van der Waals surface area contributed by atoms with E-state index in [-0.39, 0.29) is 5.91 Å². The number of carbonyl (C=O) groups is 1. The molecule has 3 heteroatoms. The molecule has 0 aliphatic carbocycles. The molecule has 2 rings (SSSR count). The van der Waals surface area contributed by atoms with Gasteiger partial charge in [-0.25, -0.2) is 0 Å². The van der Waals surface area contributed by atoms with E-state index in [0.29, 0.717) is 12.5 Å². The summed E-state index contributed by atoms with van der Waals surface area (Å²) in [7, 11) is 1.94. The largest absolute Gasteiger partial charge is 0.361 e. The SMILES string of the molecule is CCC(CC)N(C)C(=O)CCCc1c[nH]c2ccccc12. The zero-order valence-electron chi connectivity index (χ0n) is 13.4. The van der Waals surface area contributed by atoms with Gasteiger partial charge in [0.1, 0.15) is 0 Å². The summed E-state index contributed by atoms with van der Waals surface area (Å²) in [5.41, 5.74) is 2.48. The van der Waals surface area contributed by atoms with E-state index in [9.17, 15) is 4.79 Å². The quantitative estimate of drug-likeness (QED) is 0.816. The molecule has 0 fully saturated rings. The lowest BCUT2D eigenvalue weighted by Crippen LogP contribution is -2.36. The average Bonchev–Trinajstić information content (AvgIpc) is 2.92. The minimum absolute atomic E-state index is 0.267. The summed E-state index contributed by atoms with van der Waals surface area (Å²) in [6.45, 7) is 4.29. The highest BCUT2D eigenvalue weighted by atomic mass is 16.2. The predicted octanol–water partition coefficient (Wildman–Crippen LogP) is 4.14. The van der Waals surface area contributed by atoms with Gasteiger partial charge in [0.2, 0.25) is 5.91 Å². The third kappa shape index (κ3) is 3.66. The fraction of sp³-hybridized carbons (Fsp3) is 0.500.